The first kappa shape index (κ1) is 13.2. The Morgan fingerprint density at radius 1 is 1.30 bits per heavy atom. The molecule has 1 aromatic carbocycles. The Kier molecular flexibility index (Phi) is 3.28. The molecule has 2 aromatic heterocycles. The maximum atomic E-state index is 6.02. The number of nitrogens with one attached hydrogen (secondary N) is 1. The molecule has 0 fully saturated rings. The number of halogens is 1. The highest BCUT2D eigenvalue weighted by Gasteiger charge is 2.20. The lowest BCUT2D eigenvalue weighted by molar-refractivity contribution is 0.473. The van der Waals surface area contributed by atoms with Crippen molar-refractivity contribution in [1.82, 2.24) is 15.1 Å². The van der Waals surface area contributed by atoms with Gasteiger partial charge in [-0.2, -0.15) is 5.10 Å². The second-order valence-corrected chi connectivity index (χ2v) is 5.32. The number of aryl methyl sites for hydroxylation is 2. The third-order valence-electron chi connectivity index (χ3n) is 3.40. The van der Waals surface area contributed by atoms with Gasteiger partial charge in [0, 0.05) is 17.5 Å². The molecule has 104 valence electrons. The zero-order chi connectivity index (χ0) is 14.3. The largest absolute Gasteiger partial charge is 0.459 e. The fourth-order valence-corrected chi connectivity index (χ4v) is 2.69. The van der Waals surface area contributed by atoms with E-state index in [2.05, 4.69) is 16.5 Å². The van der Waals surface area contributed by atoms with Crippen LogP contribution < -0.4 is 5.32 Å². The van der Waals surface area contributed by atoms with Gasteiger partial charge in [-0.1, -0.05) is 11.6 Å². The molecule has 2 heterocycles. The van der Waals surface area contributed by atoms with Gasteiger partial charge in [0.25, 0.3) is 0 Å². The predicted octanol–water partition coefficient (Wildman–Crippen LogP) is 3.44. The summed E-state index contributed by atoms with van der Waals surface area (Å²) in [5, 5.41) is 9.38. The molecule has 0 aliphatic rings. The van der Waals surface area contributed by atoms with Crippen molar-refractivity contribution in [3.05, 3.63) is 52.5 Å². The molecule has 0 radical (unpaired) electrons. The number of furan rings is 1. The van der Waals surface area contributed by atoms with E-state index in [1.165, 1.54) is 0 Å². The average Bonchev–Trinajstić information content (AvgIpc) is 2.94. The van der Waals surface area contributed by atoms with Crippen LogP contribution in [0.3, 0.4) is 0 Å². The number of benzene rings is 1. The first-order chi connectivity index (χ1) is 9.58. The fourth-order valence-electron chi connectivity index (χ4n) is 2.51. The van der Waals surface area contributed by atoms with E-state index in [4.69, 9.17) is 16.0 Å². The van der Waals surface area contributed by atoms with Gasteiger partial charge in [0.1, 0.15) is 17.4 Å². The van der Waals surface area contributed by atoms with E-state index in [1.807, 2.05) is 50.0 Å². The van der Waals surface area contributed by atoms with Crippen LogP contribution in [0.15, 0.2) is 34.7 Å². The molecule has 0 aliphatic heterocycles. The first-order valence-electron chi connectivity index (χ1n) is 6.45. The lowest BCUT2D eigenvalue weighted by Gasteiger charge is -2.13. The minimum atomic E-state index is -0.0348. The Morgan fingerprint density at radius 2 is 2.10 bits per heavy atom. The molecule has 0 saturated carbocycles. The lowest BCUT2D eigenvalue weighted by atomic mass is 10.1. The number of rotatable bonds is 3. The zero-order valence-electron chi connectivity index (χ0n) is 11.6. The van der Waals surface area contributed by atoms with Crippen LogP contribution in [0.2, 0.25) is 5.02 Å². The molecule has 0 amide bonds. The van der Waals surface area contributed by atoms with Crippen LogP contribution in [0.4, 0.5) is 0 Å². The molecule has 3 aromatic rings. The highest BCUT2D eigenvalue weighted by molar-refractivity contribution is 6.31. The number of fused-ring (bicyclic) bond motifs is 1. The number of hydrogen-bond acceptors (Lipinski definition) is 3. The van der Waals surface area contributed by atoms with Gasteiger partial charge < -0.3 is 9.73 Å². The molecular weight excluding hydrogens is 274 g/mol. The molecule has 1 atom stereocenters. The van der Waals surface area contributed by atoms with Crippen molar-refractivity contribution >= 4 is 22.6 Å². The maximum absolute atomic E-state index is 6.02. The molecule has 0 saturated heterocycles. The lowest BCUT2D eigenvalue weighted by Crippen LogP contribution is -2.20. The summed E-state index contributed by atoms with van der Waals surface area (Å²) in [6, 6.07) is 9.67. The van der Waals surface area contributed by atoms with E-state index < -0.39 is 0 Å². The van der Waals surface area contributed by atoms with E-state index in [9.17, 15) is 0 Å². The number of hydrogen-bond donors (Lipinski definition) is 1. The van der Waals surface area contributed by atoms with Gasteiger partial charge in [-0.05, 0) is 44.3 Å². The highest BCUT2D eigenvalue weighted by atomic mass is 35.5. The monoisotopic (exact) mass is 289 g/mol. The Bertz CT molecular complexity index is 760. The summed E-state index contributed by atoms with van der Waals surface area (Å²) >= 11 is 6.02. The van der Waals surface area contributed by atoms with Crippen LogP contribution >= 0.6 is 11.6 Å². The van der Waals surface area contributed by atoms with Crippen molar-refractivity contribution in [3.8, 4) is 0 Å². The van der Waals surface area contributed by atoms with E-state index >= 15 is 0 Å². The standard InChI is InChI=1S/C15H16ClN3O/c1-9-6-12(19(3)18-9)15(17-2)14-8-10-7-11(16)4-5-13(10)20-14/h4-8,15,17H,1-3H3. The summed E-state index contributed by atoms with van der Waals surface area (Å²) < 4.78 is 7.80. The number of aromatic nitrogens is 2. The van der Waals surface area contributed by atoms with Crippen LogP contribution in [0.1, 0.15) is 23.2 Å². The molecule has 4 nitrogen and oxygen atoms in total. The Hall–Kier alpha value is -1.78. The summed E-state index contributed by atoms with van der Waals surface area (Å²) in [4.78, 5) is 0. The topological polar surface area (TPSA) is 43.0 Å². The molecule has 20 heavy (non-hydrogen) atoms. The fraction of sp³-hybridized carbons (Fsp3) is 0.267. The molecule has 1 unspecified atom stereocenters. The van der Waals surface area contributed by atoms with Gasteiger partial charge >= 0.3 is 0 Å². The van der Waals surface area contributed by atoms with E-state index in [1.54, 1.807) is 0 Å². The van der Waals surface area contributed by atoms with Crippen LogP contribution in [-0.2, 0) is 7.05 Å². The summed E-state index contributed by atoms with van der Waals surface area (Å²) in [7, 11) is 3.85. The Labute approximate surface area is 122 Å². The second kappa shape index (κ2) is 4.96. The van der Waals surface area contributed by atoms with E-state index in [0.717, 1.165) is 28.1 Å². The molecule has 0 spiro atoms. The summed E-state index contributed by atoms with van der Waals surface area (Å²) in [5.41, 5.74) is 2.89. The average molecular weight is 290 g/mol. The van der Waals surface area contributed by atoms with Crippen molar-refractivity contribution in [2.24, 2.45) is 7.05 Å². The molecule has 3 rings (SSSR count). The van der Waals surface area contributed by atoms with E-state index in [0.29, 0.717) is 5.02 Å². The SMILES string of the molecule is CNC(c1cc2cc(Cl)ccc2o1)c1cc(C)nn1C. The normalized spacial score (nSPS) is 13.0. The minimum Gasteiger partial charge on any atom is -0.459 e. The maximum Gasteiger partial charge on any atom is 0.134 e. The molecule has 5 heteroatoms. The van der Waals surface area contributed by atoms with Crippen molar-refractivity contribution in [1.29, 1.82) is 0 Å². The summed E-state index contributed by atoms with van der Waals surface area (Å²) in [6.07, 6.45) is 0. The van der Waals surface area contributed by atoms with Crippen LogP contribution in [0.5, 0.6) is 0 Å². The van der Waals surface area contributed by atoms with Crippen LogP contribution in [0, 0.1) is 6.92 Å². The third kappa shape index (κ3) is 2.21. The molecule has 0 aliphatic carbocycles. The van der Waals surface area contributed by atoms with Crippen molar-refractivity contribution < 1.29 is 4.42 Å². The van der Waals surface area contributed by atoms with Gasteiger partial charge in [0.2, 0.25) is 0 Å². The number of nitrogens with zero attached hydrogens (tertiary/aromatic N) is 2. The Balaban J connectivity index is 2.09. The predicted molar refractivity (Wildman–Crippen MR) is 80.1 cm³/mol. The quantitative estimate of drug-likeness (QED) is 0.803. The minimum absolute atomic E-state index is 0.0348. The molecule has 0 bridgehead atoms. The van der Waals surface area contributed by atoms with Crippen molar-refractivity contribution in [2.45, 2.75) is 13.0 Å². The third-order valence-corrected chi connectivity index (χ3v) is 3.64. The van der Waals surface area contributed by atoms with Crippen molar-refractivity contribution in [2.75, 3.05) is 7.05 Å². The zero-order valence-corrected chi connectivity index (χ0v) is 12.4. The molecular formula is C15H16ClN3O. The van der Waals surface area contributed by atoms with Gasteiger partial charge in [-0.3, -0.25) is 4.68 Å². The van der Waals surface area contributed by atoms with E-state index in [-0.39, 0.29) is 6.04 Å². The second-order valence-electron chi connectivity index (χ2n) is 4.89. The smallest absolute Gasteiger partial charge is 0.134 e. The van der Waals surface area contributed by atoms with Crippen LogP contribution in [-0.4, -0.2) is 16.8 Å². The summed E-state index contributed by atoms with van der Waals surface area (Å²) in [6.45, 7) is 1.98. The van der Waals surface area contributed by atoms with Crippen molar-refractivity contribution in [3.63, 3.8) is 0 Å². The molecule has 1 N–H and O–H groups in total. The van der Waals surface area contributed by atoms with Gasteiger partial charge in [-0.15, -0.1) is 0 Å². The van der Waals surface area contributed by atoms with Gasteiger partial charge in [-0.25, -0.2) is 0 Å². The van der Waals surface area contributed by atoms with Gasteiger partial charge in [0.05, 0.1) is 11.4 Å². The summed E-state index contributed by atoms with van der Waals surface area (Å²) in [5.74, 6) is 0.854. The first-order valence-corrected chi connectivity index (χ1v) is 6.83. The van der Waals surface area contributed by atoms with Gasteiger partial charge in [0.15, 0.2) is 0 Å². The highest BCUT2D eigenvalue weighted by Crippen LogP contribution is 2.29. The van der Waals surface area contributed by atoms with Crippen LogP contribution in [0.25, 0.3) is 11.0 Å². The Morgan fingerprint density at radius 3 is 2.75 bits per heavy atom.